The van der Waals surface area contributed by atoms with Gasteiger partial charge >= 0.3 is 5.97 Å². The standard InChI is InChI=1S/C12H15BrFNO2/c1-3-15(7-12(16)17)8(2)10-6-9(13)4-5-11(10)14/h4-6,8H,3,7H2,1-2H3,(H,16,17). The van der Waals surface area contributed by atoms with Gasteiger partial charge in [-0.3, -0.25) is 9.69 Å². The highest BCUT2D eigenvalue weighted by Crippen LogP contribution is 2.25. The first kappa shape index (κ1) is 14.1. The molecule has 1 unspecified atom stereocenters. The number of likely N-dealkylation sites (N-methyl/N-ethyl adjacent to an activating group) is 1. The smallest absolute Gasteiger partial charge is 0.317 e. The molecule has 0 bridgehead atoms. The molecule has 1 atom stereocenters. The fourth-order valence-electron chi connectivity index (χ4n) is 1.73. The van der Waals surface area contributed by atoms with Crippen LogP contribution in [0.25, 0.3) is 0 Å². The monoisotopic (exact) mass is 303 g/mol. The first-order chi connectivity index (χ1) is 7.95. The quantitative estimate of drug-likeness (QED) is 0.909. The molecule has 0 saturated carbocycles. The Morgan fingerprint density at radius 2 is 2.24 bits per heavy atom. The number of rotatable bonds is 5. The zero-order chi connectivity index (χ0) is 13.0. The molecular formula is C12H15BrFNO2. The number of benzene rings is 1. The third-order valence-electron chi connectivity index (χ3n) is 2.70. The van der Waals surface area contributed by atoms with Gasteiger partial charge in [-0.05, 0) is 31.7 Å². The maximum Gasteiger partial charge on any atom is 0.317 e. The normalized spacial score (nSPS) is 12.8. The minimum atomic E-state index is -0.908. The van der Waals surface area contributed by atoms with Crippen molar-refractivity contribution in [2.24, 2.45) is 0 Å². The van der Waals surface area contributed by atoms with Gasteiger partial charge in [0.1, 0.15) is 5.82 Å². The third kappa shape index (κ3) is 3.78. The molecule has 1 aromatic carbocycles. The Balaban J connectivity index is 2.96. The molecule has 0 saturated heterocycles. The van der Waals surface area contributed by atoms with Crippen LogP contribution in [-0.4, -0.2) is 29.1 Å². The Bertz CT molecular complexity index is 411. The van der Waals surface area contributed by atoms with E-state index < -0.39 is 5.97 Å². The van der Waals surface area contributed by atoms with Crippen molar-refractivity contribution in [3.63, 3.8) is 0 Å². The Labute approximate surface area is 108 Å². The van der Waals surface area contributed by atoms with Crippen molar-refractivity contribution >= 4 is 21.9 Å². The molecule has 0 amide bonds. The minimum absolute atomic E-state index is 0.0936. The van der Waals surface area contributed by atoms with Gasteiger partial charge < -0.3 is 5.11 Å². The fraction of sp³-hybridized carbons (Fsp3) is 0.417. The Hall–Kier alpha value is -0.940. The minimum Gasteiger partial charge on any atom is -0.480 e. The predicted octanol–water partition coefficient (Wildman–Crippen LogP) is 3.06. The lowest BCUT2D eigenvalue weighted by Gasteiger charge is -2.26. The van der Waals surface area contributed by atoms with Crippen LogP contribution in [0.4, 0.5) is 4.39 Å². The average Bonchev–Trinajstić information content (AvgIpc) is 2.28. The summed E-state index contributed by atoms with van der Waals surface area (Å²) in [5.41, 5.74) is 0.502. The molecule has 17 heavy (non-hydrogen) atoms. The maximum atomic E-state index is 13.7. The molecule has 0 radical (unpaired) electrons. The molecule has 1 aromatic rings. The van der Waals surface area contributed by atoms with E-state index >= 15 is 0 Å². The lowest BCUT2D eigenvalue weighted by atomic mass is 10.1. The summed E-state index contributed by atoms with van der Waals surface area (Å²) >= 11 is 3.28. The predicted molar refractivity (Wildman–Crippen MR) is 67.4 cm³/mol. The van der Waals surface area contributed by atoms with Crippen LogP contribution in [0, 0.1) is 5.82 Å². The highest BCUT2D eigenvalue weighted by Gasteiger charge is 2.19. The van der Waals surface area contributed by atoms with Crippen LogP contribution in [0.3, 0.4) is 0 Å². The van der Waals surface area contributed by atoms with Gasteiger partial charge in [-0.1, -0.05) is 22.9 Å². The van der Waals surface area contributed by atoms with Crippen molar-refractivity contribution in [2.45, 2.75) is 19.9 Å². The van der Waals surface area contributed by atoms with Gasteiger partial charge in [0.2, 0.25) is 0 Å². The van der Waals surface area contributed by atoms with E-state index in [4.69, 9.17) is 5.11 Å². The summed E-state index contributed by atoms with van der Waals surface area (Å²) in [4.78, 5) is 12.4. The van der Waals surface area contributed by atoms with Gasteiger partial charge in [0.05, 0.1) is 6.54 Å². The summed E-state index contributed by atoms with van der Waals surface area (Å²) in [5, 5.41) is 8.79. The Morgan fingerprint density at radius 1 is 1.59 bits per heavy atom. The fourth-order valence-corrected chi connectivity index (χ4v) is 2.11. The number of halogens is 2. The number of carboxylic acids is 1. The van der Waals surface area contributed by atoms with Crippen molar-refractivity contribution in [3.05, 3.63) is 34.1 Å². The van der Waals surface area contributed by atoms with E-state index in [0.717, 1.165) is 4.47 Å². The summed E-state index contributed by atoms with van der Waals surface area (Å²) in [6.45, 7) is 4.12. The maximum absolute atomic E-state index is 13.7. The van der Waals surface area contributed by atoms with Crippen LogP contribution in [0.5, 0.6) is 0 Å². The zero-order valence-electron chi connectivity index (χ0n) is 9.78. The molecule has 0 aliphatic rings. The van der Waals surface area contributed by atoms with Crippen molar-refractivity contribution in [3.8, 4) is 0 Å². The highest BCUT2D eigenvalue weighted by atomic mass is 79.9. The van der Waals surface area contributed by atoms with Gasteiger partial charge in [-0.2, -0.15) is 0 Å². The third-order valence-corrected chi connectivity index (χ3v) is 3.19. The number of carbonyl (C=O) groups is 1. The molecule has 1 rings (SSSR count). The number of aliphatic carboxylic acids is 1. The van der Waals surface area contributed by atoms with Crippen molar-refractivity contribution in [1.82, 2.24) is 4.90 Å². The van der Waals surface area contributed by atoms with Crippen LogP contribution < -0.4 is 0 Å². The molecule has 94 valence electrons. The molecule has 0 spiro atoms. The van der Waals surface area contributed by atoms with Crippen molar-refractivity contribution < 1.29 is 14.3 Å². The van der Waals surface area contributed by atoms with Gasteiger partial charge in [0, 0.05) is 16.1 Å². The van der Waals surface area contributed by atoms with Crippen LogP contribution >= 0.6 is 15.9 Å². The van der Waals surface area contributed by atoms with Gasteiger partial charge in [0.15, 0.2) is 0 Å². The van der Waals surface area contributed by atoms with E-state index in [0.29, 0.717) is 12.1 Å². The molecule has 0 heterocycles. The van der Waals surface area contributed by atoms with Crippen LogP contribution in [-0.2, 0) is 4.79 Å². The summed E-state index contributed by atoms with van der Waals surface area (Å²) in [6, 6.07) is 4.42. The second-order valence-corrected chi connectivity index (χ2v) is 4.71. The average molecular weight is 304 g/mol. The van der Waals surface area contributed by atoms with Crippen LogP contribution in [0.15, 0.2) is 22.7 Å². The molecule has 3 nitrogen and oxygen atoms in total. The topological polar surface area (TPSA) is 40.5 Å². The molecule has 5 heteroatoms. The number of hydrogen-bond acceptors (Lipinski definition) is 2. The van der Waals surface area contributed by atoms with Gasteiger partial charge in [-0.15, -0.1) is 0 Å². The van der Waals surface area contributed by atoms with E-state index in [1.807, 2.05) is 6.92 Å². The lowest BCUT2D eigenvalue weighted by Crippen LogP contribution is -2.32. The van der Waals surface area contributed by atoms with E-state index in [-0.39, 0.29) is 18.4 Å². The summed E-state index contributed by atoms with van der Waals surface area (Å²) in [5.74, 6) is -1.22. The second-order valence-electron chi connectivity index (χ2n) is 3.80. The lowest BCUT2D eigenvalue weighted by molar-refractivity contribution is -0.138. The molecular weight excluding hydrogens is 289 g/mol. The molecule has 0 fully saturated rings. The van der Waals surface area contributed by atoms with E-state index in [1.165, 1.54) is 6.07 Å². The second kappa shape index (κ2) is 6.12. The highest BCUT2D eigenvalue weighted by molar-refractivity contribution is 9.10. The molecule has 1 N–H and O–H groups in total. The van der Waals surface area contributed by atoms with Gasteiger partial charge in [0.25, 0.3) is 0 Å². The van der Waals surface area contributed by atoms with Gasteiger partial charge in [-0.25, -0.2) is 4.39 Å². The zero-order valence-corrected chi connectivity index (χ0v) is 11.4. The van der Waals surface area contributed by atoms with E-state index in [9.17, 15) is 9.18 Å². The van der Waals surface area contributed by atoms with Crippen molar-refractivity contribution in [1.29, 1.82) is 0 Å². The van der Waals surface area contributed by atoms with E-state index in [1.54, 1.807) is 24.0 Å². The van der Waals surface area contributed by atoms with Crippen LogP contribution in [0.1, 0.15) is 25.5 Å². The first-order valence-corrected chi connectivity index (χ1v) is 6.15. The number of hydrogen-bond donors (Lipinski definition) is 1. The number of nitrogens with zero attached hydrogens (tertiary/aromatic N) is 1. The summed E-state index contributed by atoms with van der Waals surface area (Å²) in [6.07, 6.45) is 0. The Kier molecular flexibility index (Phi) is 5.08. The van der Waals surface area contributed by atoms with Crippen molar-refractivity contribution in [2.75, 3.05) is 13.1 Å². The number of carboxylic acid groups (broad SMARTS) is 1. The Morgan fingerprint density at radius 3 is 2.76 bits per heavy atom. The molecule has 0 aliphatic carbocycles. The molecule has 0 aromatic heterocycles. The summed E-state index contributed by atoms with van der Waals surface area (Å²) in [7, 11) is 0. The largest absolute Gasteiger partial charge is 0.480 e. The van der Waals surface area contributed by atoms with E-state index in [2.05, 4.69) is 15.9 Å². The molecule has 0 aliphatic heterocycles. The summed E-state index contributed by atoms with van der Waals surface area (Å²) < 4.78 is 14.4. The SMILES string of the molecule is CCN(CC(=O)O)C(C)c1cc(Br)ccc1F. The van der Waals surface area contributed by atoms with Crippen LogP contribution in [0.2, 0.25) is 0 Å². The first-order valence-electron chi connectivity index (χ1n) is 5.36.